The van der Waals surface area contributed by atoms with Crippen molar-refractivity contribution in [3.05, 3.63) is 58.9 Å². The topological polar surface area (TPSA) is 315 Å². The molecule has 2 aliphatic rings. The molecule has 24 nitrogen and oxygen atoms in total. The Labute approximate surface area is 348 Å². The van der Waals surface area contributed by atoms with Crippen LogP contribution in [-0.4, -0.2) is 117 Å². The maximum Gasteiger partial charge on any atom is 0.695 e. The first-order valence-electron chi connectivity index (χ1n) is 18.3. The molecule has 5 aromatic rings. The number of aromatic nitrogens is 9. The summed E-state index contributed by atoms with van der Waals surface area (Å²) in [4.78, 5) is 66.8. The Bertz CT molecular complexity index is 2580. The Kier molecular flexibility index (Phi) is 13.6. The minimum atomic E-state index is -4.06. The fourth-order valence-electron chi connectivity index (χ4n) is 6.30. The molecular formula is C33H36FN12O12P2S+. The van der Waals surface area contributed by atoms with Crippen molar-refractivity contribution in [3.63, 3.8) is 0 Å². The van der Waals surface area contributed by atoms with E-state index in [1.807, 2.05) is 6.07 Å². The first kappa shape index (κ1) is 43.9. The van der Waals surface area contributed by atoms with E-state index >= 15 is 4.39 Å². The van der Waals surface area contributed by atoms with Gasteiger partial charge in [0.1, 0.15) is 18.5 Å². The predicted molar refractivity (Wildman–Crippen MR) is 210 cm³/mol. The monoisotopic (exact) mass is 905 g/mol. The molecule has 0 aliphatic carbocycles. The SMILES string of the molecule is CC(C)C(=O)Nc1nc2c(ncn2[C@@H]2O[C@H](COP(=S)(OCCC#N)O[C@H]3[C@H](F)[C@H](n4nnc5c(NC(=O)c6ccccc6)ncnc54)O[C@@H]3CO)C[C@@H]2O[P+](=O)O)c(=O)[nH]1. The normalized spacial score (nSPS) is 23.9. The van der Waals surface area contributed by atoms with Crippen LogP contribution in [-0.2, 0) is 48.7 Å². The maximum atomic E-state index is 16.5. The number of fused-ring (bicyclic) bond motifs is 2. The molecule has 4 aromatic heterocycles. The van der Waals surface area contributed by atoms with E-state index in [0.717, 1.165) is 11.0 Å². The first-order chi connectivity index (χ1) is 29.3. The molecule has 7 rings (SSSR count). The number of alkyl halides is 1. The van der Waals surface area contributed by atoms with E-state index in [-0.39, 0.29) is 53.5 Å². The van der Waals surface area contributed by atoms with Gasteiger partial charge >= 0.3 is 15.0 Å². The number of imidazole rings is 1. The second-order valence-corrected chi connectivity index (χ2v) is 17.3. The second-order valence-electron chi connectivity index (χ2n) is 13.6. The number of anilines is 2. The lowest BCUT2D eigenvalue weighted by Gasteiger charge is -2.28. The number of benzene rings is 1. The van der Waals surface area contributed by atoms with Crippen LogP contribution < -0.4 is 16.2 Å². The van der Waals surface area contributed by atoms with E-state index < -0.39 is 94.5 Å². The average molecular weight is 906 g/mol. The van der Waals surface area contributed by atoms with Crippen LogP contribution in [0.2, 0.25) is 0 Å². The third-order valence-corrected chi connectivity index (χ3v) is 12.0. The van der Waals surface area contributed by atoms with Crippen LogP contribution in [0, 0.1) is 17.2 Å². The van der Waals surface area contributed by atoms with Gasteiger partial charge in [-0.1, -0.05) is 37.3 Å². The molecule has 2 fully saturated rings. The van der Waals surface area contributed by atoms with Gasteiger partial charge in [0.05, 0.1) is 44.7 Å². The zero-order valence-electron chi connectivity index (χ0n) is 31.9. The number of hydrogen-bond acceptors (Lipinski definition) is 19. The number of carbonyl (C=O) groups is 2. The number of nitrogens with zero attached hydrogens (tertiary/aromatic N) is 9. The number of aliphatic hydroxyl groups excluding tert-OH is 1. The van der Waals surface area contributed by atoms with E-state index in [9.17, 15) is 34.2 Å². The number of hydrogen-bond donors (Lipinski definition) is 5. The molecule has 0 radical (unpaired) electrons. The summed E-state index contributed by atoms with van der Waals surface area (Å²) < 4.78 is 65.7. The molecule has 0 spiro atoms. The van der Waals surface area contributed by atoms with Gasteiger partial charge in [-0.2, -0.15) is 14.9 Å². The molecule has 2 amide bonds. The van der Waals surface area contributed by atoms with Crippen LogP contribution >= 0.6 is 15.0 Å². The fourth-order valence-corrected chi connectivity index (χ4v) is 8.83. The van der Waals surface area contributed by atoms with Gasteiger partial charge in [0.2, 0.25) is 11.9 Å². The quantitative estimate of drug-likeness (QED) is 0.0660. The number of aliphatic hydroxyl groups is 1. The van der Waals surface area contributed by atoms with E-state index in [2.05, 4.69) is 45.9 Å². The van der Waals surface area contributed by atoms with Crippen molar-refractivity contribution in [3.8, 4) is 6.07 Å². The lowest BCUT2D eigenvalue weighted by Crippen LogP contribution is -2.34. The minimum Gasteiger partial charge on any atom is -0.394 e. The van der Waals surface area contributed by atoms with Gasteiger partial charge in [-0.15, -0.1) is 14.5 Å². The number of nitrogens with one attached hydrogen (secondary N) is 3. The summed E-state index contributed by atoms with van der Waals surface area (Å²) in [5.41, 5.74) is -0.555. The van der Waals surface area contributed by atoms with Crippen LogP contribution in [0.4, 0.5) is 16.2 Å². The predicted octanol–water partition coefficient (Wildman–Crippen LogP) is 2.31. The van der Waals surface area contributed by atoms with Crippen LogP contribution in [0.25, 0.3) is 22.3 Å². The van der Waals surface area contributed by atoms with E-state index in [1.165, 1.54) is 10.9 Å². The molecule has 0 saturated carbocycles. The summed E-state index contributed by atoms with van der Waals surface area (Å²) in [6, 6.07) is 10.2. The van der Waals surface area contributed by atoms with Crippen LogP contribution in [0.5, 0.6) is 0 Å². The van der Waals surface area contributed by atoms with Crippen molar-refractivity contribution in [2.75, 3.05) is 30.5 Å². The lowest BCUT2D eigenvalue weighted by atomic mass is 10.1. The highest BCUT2D eigenvalue weighted by Gasteiger charge is 2.51. The number of ether oxygens (including phenoxy) is 2. The van der Waals surface area contributed by atoms with Gasteiger partial charge in [0.25, 0.3) is 11.5 Å². The molecule has 0 bridgehead atoms. The number of rotatable bonds is 17. The van der Waals surface area contributed by atoms with Gasteiger partial charge in [-0.05, 0) is 23.9 Å². The van der Waals surface area contributed by atoms with Crippen molar-refractivity contribution < 1.29 is 56.1 Å². The van der Waals surface area contributed by atoms with E-state index in [0.29, 0.717) is 5.56 Å². The minimum absolute atomic E-state index is 0.00767. The number of halogens is 1. The number of amides is 2. The van der Waals surface area contributed by atoms with Gasteiger partial charge in [0, 0.05) is 22.5 Å². The lowest BCUT2D eigenvalue weighted by molar-refractivity contribution is -0.118. The van der Waals surface area contributed by atoms with Crippen LogP contribution in [0.3, 0.4) is 0 Å². The Balaban J connectivity index is 1.09. The highest BCUT2D eigenvalue weighted by atomic mass is 32.5. The van der Waals surface area contributed by atoms with Crippen molar-refractivity contribution in [2.45, 2.75) is 69.7 Å². The maximum absolute atomic E-state index is 16.5. The van der Waals surface area contributed by atoms with E-state index in [4.69, 9.17) is 39.4 Å². The summed E-state index contributed by atoms with van der Waals surface area (Å²) in [5.74, 6) is -1.56. The molecule has 28 heteroatoms. The number of aromatic amines is 1. The summed E-state index contributed by atoms with van der Waals surface area (Å²) >= 11 is 5.67. The molecular weight excluding hydrogens is 869 g/mol. The molecule has 9 atom stereocenters. The Morgan fingerprint density at radius 2 is 1.93 bits per heavy atom. The zero-order chi connectivity index (χ0) is 43.4. The fraction of sp³-hybridized carbons (Fsp3) is 0.455. The molecule has 2 unspecified atom stereocenters. The van der Waals surface area contributed by atoms with E-state index in [1.54, 1.807) is 44.2 Å². The third-order valence-electron chi connectivity index (χ3n) is 9.19. The van der Waals surface area contributed by atoms with Crippen molar-refractivity contribution in [2.24, 2.45) is 5.92 Å². The smallest absolute Gasteiger partial charge is 0.394 e. The average Bonchev–Trinajstić information content (AvgIpc) is 4.02. The van der Waals surface area contributed by atoms with Gasteiger partial charge < -0.3 is 28.9 Å². The summed E-state index contributed by atoms with van der Waals surface area (Å²) in [6.45, 7) is -2.26. The second kappa shape index (κ2) is 18.8. The molecule has 2 aliphatic heterocycles. The van der Waals surface area contributed by atoms with Crippen molar-refractivity contribution >= 4 is 72.7 Å². The summed E-state index contributed by atoms with van der Waals surface area (Å²) in [6.07, 6.45) is -8.02. The number of carbonyl (C=O) groups excluding carboxylic acids is 2. The van der Waals surface area contributed by atoms with Gasteiger partial charge in [-0.3, -0.25) is 33.8 Å². The van der Waals surface area contributed by atoms with Crippen molar-refractivity contribution in [1.29, 1.82) is 5.26 Å². The highest BCUT2D eigenvalue weighted by molar-refractivity contribution is 8.07. The summed E-state index contributed by atoms with van der Waals surface area (Å²) in [7, 11) is -3.18. The van der Waals surface area contributed by atoms with Crippen LogP contribution in [0.15, 0.2) is 47.8 Å². The Morgan fingerprint density at radius 1 is 1.15 bits per heavy atom. The van der Waals surface area contributed by atoms with Crippen LogP contribution in [0.1, 0.15) is 49.5 Å². The molecule has 2 saturated heterocycles. The number of H-pyrrole nitrogens is 1. The third kappa shape index (κ3) is 9.67. The van der Waals surface area contributed by atoms with Gasteiger partial charge in [0.15, 0.2) is 52.9 Å². The molecule has 5 N–H and O–H groups in total. The zero-order valence-corrected chi connectivity index (χ0v) is 34.5. The summed E-state index contributed by atoms with van der Waals surface area (Å²) in [5, 5.41) is 32.6. The Hall–Kier alpha value is -5.16. The largest absolute Gasteiger partial charge is 0.695 e. The van der Waals surface area contributed by atoms with Crippen molar-refractivity contribution in [1.82, 2.24) is 44.5 Å². The highest BCUT2D eigenvalue weighted by Crippen LogP contribution is 2.55. The molecule has 61 heavy (non-hydrogen) atoms. The first-order valence-corrected chi connectivity index (χ1v) is 22.0. The number of nitriles is 1. The standard InChI is InChI=1S/C33H35FN12O12P2S/c1-16(2)28(48)41-33-40-27-23(30(50)42-33)38-15-45(27)31-19(57-59(51)52)11-18(55-31)13-54-60(61,53-10-6-9-35)58-24-20(12-47)56-32(21(24)34)46-26-22(43-44-46)25(36-14-37-26)39-29(49)17-7-4-3-5-8-17/h3-5,7-8,14-16,18-21,24,31-32,47H,6,10-13H2,1-2H3,(H3-,36,37,39,40,41,42,44,48,49,50,51,52)/p+1/t18-,19-,20+,21-,24+,31+,32+,60?/m0/s1. The Morgan fingerprint density at radius 3 is 2.66 bits per heavy atom. The molecule has 322 valence electrons. The molecule has 6 heterocycles. The van der Waals surface area contributed by atoms with Gasteiger partial charge in [-0.25, -0.2) is 19.3 Å². The molecule has 1 aromatic carbocycles.